The van der Waals surface area contributed by atoms with Crippen LogP contribution in [-0.4, -0.2) is 0 Å². The van der Waals surface area contributed by atoms with Crippen LogP contribution in [0, 0.1) is 41.5 Å². The third-order valence-corrected chi connectivity index (χ3v) is 10.8. The maximum Gasteiger partial charge on any atom is 0.0490 e. The fourth-order valence-electron chi connectivity index (χ4n) is 7.23. The summed E-state index contributed by atoms with van der Waals surface area (Å²) in [6, 6.07) is 59.1. The Kier molecular flexibility index (Phi) is 12.1. The molecule has 0 aliphatic carbocycles. The Balaban J connectivity index is 1.16. The zero-order valence-corrected chi connectivity index (χ0v) is 34.0. The largest absolute Gasteiger partial charge is 0.310 e. The Morgan fingerprint density at radius 3 is 1.21 bits per heavy atom. The number of benzene rings is 7. The number of nitrogens with zero attached hydrogens (tertiary/aromatic N) is 1. The summed E-state index contributed by atoms with van der Waals surface area (Å²) < 4.78 is 0. The molecule has 0 saturated carbocycles. The summed E-state index contributed by atoms with van der Waals surface area (Å²) in [6.07, 6.45) is 13.2. The monoisotopic (exact) mass is 737 g/mol. The van der Waals surface area contributed by atoms with Crippen molar-refractivity contribution in [2.75, 3.05) is 4.90 Å². The molecule has 0 heterocycles. The maximum atomic E-state index is 2.36. The number of aryl methyl sites for hydroxylation is 6. The lowest BCUT2D eigenvalue weighted by Gasteiger charge is -2.27. The van der Waals surface area contributed by atoms with Crippen LogP contribution in [0.1, 0.15) is 66.8 Å². The minimum Gasteiger partial charge on any atom is -0.310 e. The molecule has 0 aliphatic rings. The van der Waals surface area contributed by atoms with Gasteiger partial charge in [-0.25, -0.2) is 0 Å². The molecule has 0 bridgehead atoms. The summed E-state index contributed by atoms with van der Waals surface area (Å²) in [5.41, 5.74) is 20.7. The highest BCUT2D eigenvalue weighted by Gasteiger charge is 2.15. The molecule has 7 aromatic rings. The van der Waals surface area contributed by atoms with Gasteiger partial charge in [0.25, 0.3) is 0 Å². The van der Waals surface area contributed by atoms with E-state index in [4.69, 9.17) is 0 Å². The van der Waals surface area contributed by atoms with E-state index in [1.165, 1.54) is 72.5 Å². The summed E-state index contributed by atoms with van der Waals surface area (Å²) in [4.78, 5) is 2.36. The second kappa shape index (κ2) is 17.8. The molecule has 0 spiro atoms. The highest BCUT2D eigenvalue weighted by atomic mass is 15.1. The number of hydrogen-bond donors (Lipinski definition) is 0. The average molecular weight is 738 g/mol. The SMILES string of the molecule is Cc1ccc(N(c2ccc(/C=C/C=C(\c3ccccc3)c3ccc(C)c(C)c3)cc2)c2ccc(/C=C/C=C(\c3ccccc3)c3ccc(C)c(C)c3)cc2)c(C)c1. The van der Waals surface area contributed by atoms with Crippen LogP contribution in [0.25, 0.3) is 23.3 Å². The quantitative estimate of drug-likeness (QED) is 0.120. The third-order valence-electron chi connectivity index (χ3n) is 10.8. The molecule has 0 aliphatic heterocycles. The van der Waals surface area contributed by atoms with E-state index in [0.717, 1.165) is 22.5 Å². The van der Waals surface area contributed by atoms with Crippen LogP contribution >= 0.6 is 0 Å². The van der Waals surface area contributed by atoms with Crippen LogP contribution in [0.15, 0.2) is 188 Å². The Morgan fingerprint density at radius 1 is 0.368 bits per heavy atom. The van der Waals surface area contributed by atoms with Gasteiger partial charge in [-0.2, -0.15) is 0 Å². The third kappa shape index (κ3) is 9.40. The first-order valence-electron chi connectivity index (χ1n) is 19.8. The van der Waals surface area contributed by atoms with Crippen molar-refractivity contribution in [3.63, 3.8) is 0 Å². The molecule has 7 aromatic carbocycles. The first-order valence-corrected chi connectivity index (χ1v) is 19.8. The van der Waals surface area contributed by atoms with Crippen LogP contribution < -0.4 is 4.90 Å². The lowest BCUT2D eigenvalue weighted by atomic mass is 9.94. The van der Waals surface area contributed by atoms with Gasteiger partial charge < -0.3 is 4.90 Å². The molecule has 1 nitrogen and oxygen atoms in total. The van der Waals surface area contributed by atoms with Gasteiger partial charge in [-0.1, -0.05) is 175 Å². The molecule has 0 N–H and O–H groups in total. The minimum atomic E-state index is 1.11. The Labute approximate surface area is 340 Å². The Hall–Kier alpha value is -6.70. The second-order valence-corrected chi connectivity index (χ2v) is 15.0. The van der Waals surface area contributed by atoms with Crippen LogP contribution in [0.5, 0.6) is 0 Å². The average Bonchev–Trinajstić information content (AvgIpc) is 3.23. The molecule has 1 heteroatoms. The van der Waals surface area contributed by atoms with Crippen LogP contribution in [-0.2, 0) is 0 Å². The van der Waals surface area contributed by atoms with E-state index in [-0.39, 0.29) is 0 Å². The maximum absolute atomic E-state index is 2.36. The molecule has 0 radical (unpaired) electrons. The molecule has 0 amide bonds. The second-order valence-electron chi connectivity index (χ2n) is 15.0. The molecule has 7 rings (SSSR count). The molecular weight excluding hydrogens is 687 g/mol. The van der Waals surface area contributed by atoms with Gasteiger partial charge in [0.2, 0.25) is 0 Å². The topological polar surface area (TPSA) is 3.24 Å². The summed E-state index contributed by atoms with van der Waals surface area (Å²) in [6.45, 7) is 13.0. The van der Waals surface area contributed by atoms with E-state index in [2.05, 4.69) is 247 Å². The number of hydrogen-bond acceptors (Lipinski definition) is 1. The van der Waals surface area contributed by atoms with Gasteiger partial charge >= 0.3 is 0 Å². The van der Waals surface area contributed by atoms with E-state index in [0.29, 0.717) is 0 Å². The number of allylic oxidation sites excluding steroid dienone is 4. The van der Waals surface area contributed by atoms with Crippen molar-refractivity contribution in [1.29, 1.82) is 0 Å². The fraction of sp³-hybridized carbons (Fsp3) is 0.107. The molecule has 0 saturated heterocycles. The first-order chi connectivity index (χ1) is 27.7. The van der Waals surface area contributed by atoms with Gasteiger partial charge in [0, 0.05) is 17.1 Å². The van der Waals surface area contributed by atoms with E-state index >= 15 is 0 Å². The van der Waals surface area contributed by atoms with Crippen LogP contribution in [0.2, 0.25) is 0 Å². The molecule has 0 fully saturated rings. The lowest BCUT2D eigenvalue weighted by Crippen LogP contribution is -2.11. The summed E-state index contributed by atoms with van der Waals surface area (Å²) in [5, 5.41) is 0. The van der Waals surface area contributed by atoms with E-state index in [9.17, 15) is 0 Å². The normalized spacial score (nSPS) is 12.1. The van der Waals surface area contributed by atoms with Gasteiger partial charge in [-0.15, -0.1) is 0 Å². The predicted molar refractivity (Wildman–Crippen MR) is 248 cm³/mol. The van der Waals surface area contributed by atoms with Crippen molar-refractivity contribution < 1.29 is 0 Å². The molecule has 0 unspecified atom stereocenters. The van der Waals surface area contributed by atoms with Crippen molar-refractivity contribution in [3.8, 4) is 0 Å². The predicted octanol–water partition coefficient (Wildman–Crippen LogP) is 15.3. The van der Waals surface area contributed by atoms with Gasteiger partial charge in [-0.3, -0.25) is 0 Å². The number of rotatable bonds is 11. The lowest BCUT2D eigenvalue weighted by molar-refractivity contribution is 1.24. The van der Waals surface area contributed by atoms with E-state index in [1.807, 2.05) is 0 Å². The first kappa shape index (κ1) is 38.6. The van der Waals surface area contributed by atoms with E-state index < -0.39 is 0 Å². The highest BCUT2D eigenvalue weighted by molar-refractivity contribution is 5.84. The molecule has 0 atom stereocenters. The zero-order valence-electron chi connectivity index (χ0n) is 34.0. The standard InChI is InChI=1S/C56H51N/c1-40-23-36-56(45(6)37-40)57(52-32-26-46(27-33-52)15-13-21-54(48-17-9-7-10-18-48)50-30-24-41(2)43(4)38-50)53-34-28-47(29-35-53)16-14-22-55(49-19-11-8-12-20-49)51-31-25-42(3)44(5)39-51/h7-39H,1-6H3/b15-13+,16-14+,54-21+,55-22+. The number of anilines is 3. The van der Waals surface area contributed by atoms with Crippen LogP contribution in [0.3, 0.4) is 0 Å². The Morgan fingerprint density at radius 2 is 0.807 bits per heavy atom. The van der Waals surface area contributed by atoms with E-state index in [1.54, 1.807) is 0 Å². The van der Waals surface area contributed by atoms with Crippen molar-refractivity contribution >= 4 is 40.4 Å². The summed E-state index contributed by atoms with van der Waals surface area (Å²) in [5.74, 6) is 0. The molecule has 280 valence electrons. The summed E-state index contributed by atoms with van der Waals surface area (Å²) in [7, 11) is 0. The van der Waals surface area contributed by atoms with Gasteiger partial charge in [0.1, 0.15) is 0 Å². The molecule has 0 aromatic heterocycles. The van der Waals surface area contributed by atoms with Crippen molar-refractivity contribution in [2.24, 2.45) is 0 Å². The Bertz CT molecular complexity index is 2420. The zero-order chi connectivity index (χ0) is 39.7. The van der Waals surface area contributed by atoms with Gasteiger partial charge in [-0.05, 0) is 144 Å². The highest BCUT2D eigenvalue weighted by Crippen LogP contribution is 2.37. The van der Waals surface area contributed by atoms with Crippen LogP contribution in [0.4, 0.5) is 17.1 Å². The fourth-order valence-corrected chi connectivity index (χ4v) is 7.23. The van der Waals surface area contributed by atoms with Crippen molar-refractivity contribution in [1.82, 2.24) is 0 Å². The van der Waals surface area contributed by atoms with Gasteiger partial charge in [0.05, 0.1) is 0 Å². The smallest absolute Gasteiger partial charge is 0.0490 e. The van der Waals surface area contributed by atoms with Crippen molar-refractivity contribution in [3.05, 3.63) is 255 Å². The van der Waals surface area contributed by atoms with Crippen molar-refractivity contribution in [2.45, 2.75) is 41.5 Å². The minimum absolute atomic E-state index is 1.11. The van der Waals surface area contributed by atoms with Gasteiger partial charge in [0.15, 0.2) is 0 Å². The molecule has 57 heavy (non-hydrogen) atoms. The molecular formula is C56H51N. The summed E-state index contributed by atoms with van der Waals surface area (Å²) >= 11 is 0.